The normalized spacial score (nSPS) is 25.5. The summed E-state index contributed by atoms with van der Waals surface area (Å²) >= 11 is 0. The van der Waals surface area contributed by atoms with Crippen LogP contribution in [0.2, 0.25) is 0 Å². The fraction of sp³-hybridized carbons (Fsp3) is 0.545. The Labute approximate surface area is 95.3 Å². The van der Waals surface area contributed by atoms with Crippen LogP contribution in [0.25, 0.3) is 0 Å². The fourth-order valence-electron chi connectivity index (χ4n) is 2.11. The SMILES string of the molecule is Cc1ccncc1C(O)C1CCS(=O)(=O)C1. The van der Waals surface area contributed by atoms with Crippen LogP contribution in [0.15, 0.2) is 18.5 Å². The Morgan fingerprint density at radius 1 is 1.56 bits per heavy atom. The monoisotopic (exact) mass is 241 g/mol. The van der Waals surface area contributed by atoms with Gasteiger partial charge in [0.05, 0.1) is 17.6 Å². The molecular weight excluding hydrogens is 226 g/mol. The molecule has 0 amide bonds. The highest BCUT2D eigenvalue weighted by Crippen LogP contribution is 2.32. The minimum Gasteiger partial charge on any atom is -0.388 e. The highest BCUT2D eigenvalue weighted by Gasteiger charge is 2.34. The number of aliphatic hydroxyl groups excluding tert-OH is 1. The molecule has 5 heteroatoms. The van der Waals surface area contributed by atoms with E-state index in [2.05, 4.69) is 4.98 Å². The second kappa shape index (κ2) is 4.14. The summed E-state index contributed by atoms with van der Waals surface area (Å²) in [5, 5.41) is 10.1. The maximum Gasteiger partial charge on any atom is 0.150 e. The van der Waals surface area contributed by atoms with Gasteiger partial charge in [0.15, 0.2) is 9.84 Å². The van der Waals surface area contributed by atoms with E-state index in [1.165, 1.54) is 0 Å². The van der Waals surface area contributed by atoms with E-state index in [-0.39, 0.29) is 17.4 Å². The Morgan fingerprint density at radius 2 is 2.31 bits per heavy atom. The van der Waals surface area contributed by atoms with Crippen LogP contribution in [-0.2, 0) is 9.84 Å². The molecule has 0 aliphatic carbocycles. The average molecular weight is 241 g/mol. The third-order valence-corrected chi connectivity index (χ3v) is 4.91. The molecule has 1 fully saturated rings. The lowest BCUT2D eigenvalue weighted by Crippen LogP contribution is -2.15. The Kier molecular flexibility index (Phi) is 2.99. The zero-order valence-corrected chi connectivity index (χ0v) is 9.94. The summed E-state index contributed by atoms with van der Waals surface area (Å²) in [5.74, 6) is 0.0872. The molecular formula is C11H15NO3S. The molecule has 2 rings (SSSR count). The highest BCUT2D eigenvalue weighted by molar-refractivity contribution is 7.91. The maximum atomic E-state index is 11.3. The summed E-state index contributed by atoms with van der Waals surface area (Å²) in [6.07, 6.45) is 3.10. The first-order valence-corrected chi connectivity index (χ1v) is 7.11. The van der Waals surface area contributed by atoms with Crippen LogP contribution >= 0.6 is 0 Å². The first-order chi connectivity index (χ1) is 7.49. The number of hydrogen-bond donors (Lipinski definition) is 1. The highest BCUT2D eigenvalue weighted by atomic mass is 32.2. The molecule has 1 saturated heterocycles. The molecule has 16 heavy (non-hydrogen) atoms. The van der Waals surface area contributed by atoms with Gasteiger partial charge in [-0.2, -0.15) is 0 Å². The lowest BCUT2D eigenvalue weighted by molar-refractivity contribution is 0.120. The van der Waals surface area contributed by atoms with Gasteiger partial charge in [0, 0.05) is 23.9 Å². The van der Waals surface area contributed by atoms with Gasteiger partial charge in [0.25, 0.3) is 0 Å². The van der Waals surface area contributed by atoms with Gasteiger partial charge in [-0.15, -0.1) is 0 Å². The van der Waals surface area contributed by atoms with Crippen LogP contribution in [0.1, 0.15) is 23.7 Å². The molecule has 0 radical (unpaired) electrons. The number of nitrogens with zero attached hydrogens (tertiary/aromatic N) is 1. The standard InChI is InChI=1S/C11H15NO3S/c1-8-2-4-12-6-10(8)11(13)9-3-5-16(14,15)7-9/h2,4,6,9,11,13H,3,5,7H2,1H3. The number of aliphatic hydroxyl groups is 1. The number of rotatable bonds is 2. The van der Waals surface area contributed by atoms with Crippen LogP contribution < -0.4 is 0 Å². The smallest absolute Gasteiger partial charge is 0.150 e. The third kappa shape index (κ3) is 2.25. The van der Waals surface area contributed by atoms with E-state index in [0.29, 0.717) is 6.42 Å². The van der Waals surface area contributed by atoms with Crippen LogP contribution in [0.5, 0.6) is 0 Å². The summed E-state index contributed by atoms with van der Waals surface area (Å²) in [6.45, 7) is 1.89. The Hall–Kier alpha value is -0.940. The summed E-state index contributed by atoms with van der Waals surface area (Å²) in [7, 11) is -2.94. The van der Waals surface area contributed by atoms with Crippen LogP contribution in [-0.4, -0.2) is 30.0 Å². The largest absolute Gasteiger partial charge is 0.388 e. The van der Waals surface area contributed by atoms with Gasteiger partial charge < -0.3 is 5.11 Å². The molecule has 0 saturated carbocycles. The topological polar surface area (TPSA) is 67.3 Å². The van der Waals surface area contributed by atoms with E-state index in [4.69, 9.17) is 0 Å². The molecule has 1 aliphatic heterocycles. The molecule has 2 heterocycles. The molecule has 0 bridgehead atoms. The number of aromatic nitrogens is 1. The van der Waals surface area contributed by atoms with Gasteiger partial charge in [-0.3, -0.25) is 4.98 Å². The predicted molar refractivity (Wildman–Crippen MR) is 60.7 cm³/mol. The van der Waals surface area contributed by atoms with Crippen molar-refractivity contribution < 1.29 is 13.5 Å². The van der Waals surface area contributed by atoms with Crippen molar-refractivity contribution in [3.8, 4) is 0 Å². The number of aryl methyl sites for hydroxylation is 1. The van der Waals surface area contributed by atoms with Gasteiger partial charge in [0.2, 0.25) is 0 Å². The Morgan fingerprint density at radius 3 is 2.88 bits per heavy atom. The van der Waals surface area contributed by atoms with E-state index < -0.39 is 15.9 Å². The van der Waals surface area contributed by atoms with Crippen LogP contribution in [0, 0.1) is 12.8 Å². The van der Waals surface area contributed by atoms with Gasteiger partial charge in [-0.05, 0) is 25.0 Å². The second-order valence-corrected chi connectivity index (χ2v) is 6.57. The summed E-state index contributed by atoms with van der Waals surface area (Å²) in [4.78, 5) is 3.96. The fourth-order valence-corrected chi connectivity index (χ4v) is 3.94. The zero-order valence-electron chi connectivity index (χ0n) is 9.13. The molecule has 88 valence electrons. The molecule has 2 unspecified atom stereocenters. The minimum absolute atomic E-state index is 0.0858. The van der Waals surface area contributed by atoms with E-state index in [1.54, 1.807) is 12.4 Å². The summed E-state index contributed by atoms with van der Waals surface area (Å²) in [5.41, 5.74) is 1.69. The van der Waals surface area contributed by atoms with Crippen molar-refractivity contribution in [2.45, 2.75) is 19.4 Å². The molecule has 1 N–H and O–H groups in total. The van der Waals surface area contributed by atoms with Gasteiger partial charge in [-0.25, -0.2) is 8.42 Å². The third-order valence-electron chi connectivity index (χ3n) is 3.11. The van der Waals surface area contributed by atoms with Crippen molar-refractivity contribution in [1.82, 2.24) is 4.98 Å². The molecule has 0 spiro atoms. The molecule has 1 aliphatic rings. The van der Waals surface area contributed by atoms with Crippen molar-refractivity contribution in [3.05, 3.63) is 29.6 Å². The summed E-state index contributed by atoms with van der Waals surface area (Å²) in [6, 6.07) is 1.82. The van der Waals surface area contributed by atoms with Crippen molar-refractivity contribution >= 4 is 9.84 Å². The van der Waals surface area contributed by atoms with Crippen molar-refractivity contribution in [2.24, 2.45) is 5.92 Å². The van der Waals surface area contributed by atoms with E-state index in [9.17, 15) is 13.5 Å². The van der Waals surface area contributed by atoms with Crippen molar-refractivity contribution in [3.63, 3.8) is 0 Å². The predicted octanol–water partition coefficient (Wildman–Crippen LogP) is 0.858. The lowest BCUT2D eigenvalue weighted by atomic mass is 9.94. The Bertz CT molecular complexity index is 484. The Balaban J connectivity index is 2.21. The van der Waals surface area contributed by atoms with Gasteiger partial charge in [0.1, 0.15) is 0 Å². The quantitative estimate of drug-likeness (QED) is 0.834. The molecule has 1 aromatic heterocycles. The lowest BCUT2D eigenvalue weighted by Gasteiger charge is -2.18. The second-order valence-electron chi connectivity index (χ2n) is 4.34. The van der Waals surface area contributed by atoms with Gasteiger partial charge in [-0.1, -0.05) is 0 Å². The molecule has 4 nitrogen and oxygen atoms in total. The zero-order chi connectivity index (χ0) is 11.8. The van der Waals surface area contributed by atoms with E-state index in [0.717, 1.165) is 11.1 Å². The molecule has 0 aromatic carbocycles. The van der Waals surface area contributed by atoms with Crippen molar-refractivity contribution in [1.29, 1.82) is 0 Å². The van der Waals surface area contributed by atoms with Crippen LogP contribution in [0.3, 0.4) is 0 Å². The first-order valence-electron chi connectivity index (χ1n) is 5.28. The van der Waals surface area contributed by atoms with Crippen LogP contribution in [0.4, 0.5) is 0 Å². The van der Waals surface area contributed by atoms with Gasteiger partial charge >= 0.3 is 0 Å². The minimum atomic E-state index is -2.94. The number of hydrogen-bond acceptors (Lipinski definition) is 4. The number of sulfone groups is 1. The first kappa shape index (κ1) is 11.5. The molecule has 2 atom stereocenters. The summed E-state index contributed by atoms with van der Waals surface area (Å²) < 4.78 is 22.7. The van der Waals surface area contributed by atoms with E-state index >= 15 is 0 Å². The molecule has 1 aromatic rings. The van der Waals surface area contributed by atoms with E-state index in [1.807, 2.05) is 13.0 Å². The van der Waals surface area contributed by atoms with Crippen molar-refractivity contribution in [2.75, 3.05) is 11.5 Å². The number of pyridine rings is 1. The average Bonchev–Trinajstić information content (AvgIpc) is 2.59. The maximum absolute atomic E-state index is 11.3.